The molecule has 6 nitrogen and oxygen atoms in total. The quantitative estimate of drug-likeness (QED) is 0.449. The van der Waals surface area contributed by atoms with E-state index in [0.29, 0.717) is 16.3 Å². The van der Waals surface area contributed by atoms with Crippen molar-refractivity contribution in [2.24, 2.45) is 0 Å². The molecule has 2 aromatic heterocycles. The Morgan fingerprint density at radius 1 is 1.16 bits per heavy atom. The summed E-state index contributed by atoms with van der Waals surface area (Å²) >= 11 is 1.24. The minimum atomic E-state index is -4.57. The second-order valence-corrected chi connectivity index (χ2v) is 7.31. The van der Waals surface area contributed by atoms with E-state index >= 15 is 0 Å². The zero-order valence-electron chi connectivity index (χ0n) is 15.6. The molecule has 0 saturated heterocycles. The van der Waals surface area contributed by atoms with Crippen LogP contribution < -0.4 is 5.32 Å². The van der Waals surface area contributed by atoms with Gasteiger partial charge in [-0.05, 0) is 30.3 Å². The Kier molecular flexibility index (Phi) is 5.51. The molecule has 1 N–H and O–H groups in total. The number of hydrogen-bond donors (Lipinski definition) is 1. The highest BCUT2D eigenvalue weighted by molar-refractivity contribution is 7.13. The SMILES string of the molecule is O=C(Cc1csc(-c2cccc(F)c2)n1)Nc1cc(C(F)(F)F)ccc1-n1cncn1. The molecular formula is C20H13F4N5OS. The Hall–Kier alpha value is -3.60. The second-order valence-electron chi connectivity index (χ2n) is 6.45. The van der Waals surface area contributed by atoms with E-state index in [4.69, 9.17) is 0 Å². The topological polar surface area (TPSA) is 72.7 Å². The summed E-state index contributed by atoms with van der Waals surface area (Å²) in [5.74, 6) is -0.964. The van der Waals surface area contributed by atoms with E-state index in [1.54, 1.807) is 17.5 Å². The van der Waals surface area contributed by atoms with Crippen molar-refractivity contribution in [2.75, 3.05) is 5.32 Å². The van der Waals surface area contributed by atoms with Crippen LogP contribution in [0.3, 0.4) is 0 Å². The first kappa shape index (κ1) is 20.7. The van der Waals surface area contributed by atoms with Crippen LogP contribution in [0.1, 0.15) is 11.3 Å². The summed E-state index contributed by atoms with van der Waals surface area (Å²) in [6, 6.07) is 8.84. The van der Waals surface area contributed by atoms with Crippen molar-refractivity contribution in [2.45, 2.75) is 12.6 Å². The minimum Gasteiger partial charge on any atom is -0.324 e. The van der Waals surface area contributed by atoms with E-state index in [9.17, 15) is 22.4 Å². The molecule has 1 amide bonds. The number of carbonyl (C=O) groups excluding carboxylic acids is 1. The fourth-order valence-electron chi connectivity index (χ4n) is 2.85. The molecule has 31 heavy (non-hydrogen) atoms. The van der Waals surface area contributed by atoms with E-state index in [2.05, 4.69) is 20.4 Å². The van der Waals surface area contributed by atoms with Gasteiger partial charge in [-0.25, -0.2) is 19.0 Å². The number of hydrogen-bond acceptors (Lipinski definition) is 5. The van der Waals surface area contributed by atoms with Crippen molar-refractivity contribution in [3.63, 3.8) is 0 Å². The number of carbonyl (C=O) groups is 1. The number of nitrogens with one attached hydrogen (secondary N) is 1. The predicted molar refractivity (Wildman–Crippen MR) is 106 cm³/mol. The summed E-state index contributed by atoms with van der Waals surface area (Å²) in [6.45, 7) is 0. The second kappa shape index (κ2) is 8.26. The van der Waals surface area contributed by atoms with Crippen molar-refractivity contribution in [1.82, 2.24) is 19.7 Å². The van der Waals surface area contributed by atoms with Crippen molar-refractivity contribution in [3.8, 4) is 16.3 Å². The molecule has 0 radical (unpaired) electrons. The Morgan fingerprint density at radius 3 is 2.71 bits per heavy atom. The van der Waals surface area contributed by atoms with E-state index in [-0.39, 0.29) is 17.8 Å². The Balaban J connectivity index is 1.56. The summed E-state index contributed by atoms with van der Waals surface area (Å²) in [4.78, 5) is 20.6. The highest BCUT2D eigenvalue weighted by atomic mass is 32.1. The highest BCUT2D eigenvalue weighted by Gasteiger charge is 2.31. The fraction of sp³-hybridized carbons (Fsp3) is 0.100. The molecule has 158 valence electrons. The van der Waals surface area contributed by atoms with E-state index in [0.717, 1.165) is 12.1 Å². The van der Waals surface area contributed by atoms with Crippen LogP contribution >= 0.6 is 11.3 Å². The van der Waals surface area contributed by atoms with Crippen LogP contribution in [0.5, 0.6) is 0 Å². The molecule has 0 aliphatic heterocycles. The molecule has 0 atom stereocenters. The van der Waals surface area contributed by atoms with Gasteiger partial charge in [0.05, 0.1) is 29.1 Å². The number of rotatable bonds is 5. The molecule has 0 fully saturated rings. The number of anilines is 1. The fourth-order valence-corrected chi connectivity index (χ4v) is 3.66. The van der Waals surface area contributed by atoms with Gasteiger partial charge in [0, 0.05) is 10.9 Å². The van der Waals surface area contributed by atoms with Crippen molar-refractivity contribution in [1.29, 1.82) is 0 Å². The molecule has 0 saturated carbocycles. The monoisotopic (exact) mass is 447 g/mol. The van der Waals surface area contributed by atoms with Gasteiger partial charge >= 0.3 is 6.18 Å². The van der Waals surface area contributed by atoms with Crippen molar-refractivity contribution in [3.05, 3.63) is 77.6 Å². The molecule has 0 bridgehead atoms. The van der Waals surface area contributed by atoms with Gasteiger partial charge in [-0.1, -0.05) is 12.1 Å². The molecule has 2 heterocycles. The standard InChI is InChI=1S/C20H13F4N5OS/c21-14-3-1-2-12(6-14)19-27-15(9-31-19)8-18(30)28-16-7-13(20(22,23)24)4-5-17(16)29-11-25-10-26-29/h1-7,9-11H,8H2,(H,28,30). The number of aromatic nitrogens is 4. The Morgan fingerprint density at radius 2 is 2.00 bits per heavy atom. The van der Waals surface area contributed by atoms with Gasteiger partial charge < -0.3 is 5.32 Å². The number of thiazole rings is 1. The molecule has 0 spiro atoms. The molecule has 0 unspecified atom stereocenters. The maximum Gasteiger partial charge on any atom is 0.416 e. The maximum atomic E-state index is 13.4. The third kappa shape index (κ3) is 4.77. The number of alkyl halides is 3. The van der Waals surface area contributed by atoms with Crippen LogP contribution in [0.15, 0.2) is 60.5 Å². The van der Waals surface area contributed by atoms with E-state index < -0.39 is 23.5 Å². The normalized spacial score (nSPS) is 11.5. The molecule has 4 aromatic rings. The van der Waals surface area contributed by atoms with Crippen LogP contribution in [0.2, 0.25) is 0 Å². The molecule has 4 rings (SSSR count). The van der Waals surface area contributed by atoms with Crippen LogP contribution in [0, 0.1) is 5.82 Å². The predicted octanol–water partition coefficient (Wildman–Crippen LogP) is 4.73. The lowest BCUT2D eigenvalue weighted by Crippen LogP contribution is -2.17. The molecule has 0 aliphatic rings. The third-order valence-electron chi connectivity index (χ3n) is 4.23. The van der Waals surface area contributed by atoms with Gasteiger partial charge in [-0.3, -0.25) is 4.79 Å². The molecular weight excluding hydrogens is 434 g/mol. The van der Waals surface area contributed by atoms with Gasteiger partial charge in [-0.2, -0.15) is 18.3 Å². The zero-order chi connectivity index (χ0) is 22.0. The summed E-state index contributed by atoms with van der Waals surface area (Å²) in [5.41, 5.74) is 0.247. The maximum absolute atomic E-state index is 13.4. The summed E-state index contributed by atoms with van der Waals surface area (Å²) in [7, 11) is 0. The number of nitrogens with zero attached hydrogens (tertiary/aromatic N) is 4. The first-order valence-electron chi connectivity index (χ1n) is 8.86. The lowest BCUT2D eigenvalue weighted by molar-refractivity contribution is -0.137. The van der Waals surface area contributed by atoms with Gasteiger partial charge in [0.2, 0.25) is 5.91 Å². The summed E-state index contributed by atoms with van der Waals surface area (Å²) in [6.07, 6.45) is -2.20. The van der Waals surface area contributed by atoms with E-state index in [1.807, 2.05) is 0 Å². The average Bonchev–Trinajstić information content (AvgIpc) is 3.39. The average molecular weight is 447 g/mol. The highest BCUT2D eigenvalue weighted by Crippen LogP contribution is 2.33. The summed E-state index contributed by atoms with van der Waals surface area (Å²) < 4.78 is 54.1. The Labute approximate surface area is 177 Å². The largest absolute Gasteiger partial charge is 0.416 e. The lowest BCUT2D eigenvalue weighted by Gasteiger charge is -2.14. The van der Waals surface area contributed by atoms with Gasteiger partial charge in [0.1, 0.15) is 23.5 Å². The molecule has 11 heteroatoms. The molecule has 2 aromatic carbocycles. The first-order chi connectivity index (χ1) is 14.8. The zero-order valence-corrected chi connectivity index (χ0v) is 16.4. The number of amides is 1. The van der Waals surface area contributed by atoms with Crippen LogP contribution in [0.4, 0.5) is 23.2 Å². The van der Waals surface area contributed by atoms with Crippen LogP contribution in [0.25, 0.3) is 16.3 Å². The van der Waals surface area contributed by atoms with Crippen LogP contribution in [-0.4, -0.2) is 25.7 Å². The number of halogens is 4. The molecule has 0 aliphatic carbocycles. The summed E-state index contributed by atoms with van der Waals surface area (Å²) in [5, 5.41) is 8.58. The lowest BCUT2D eigenvalue weighted by atomic mass is 10.1. The van der Waals surface area contributed by atoms with Gasteiger partial charge in [0.15, 0.2) is 0 Å². The number of benzene rings is 2. The third-order valence-corrected chi connectivity index (χ3v) is 5.17. The van der Waals surface area contributed by atoms with Crippen molar-refractivity contribution >= 4 is 22.9 Å². The smallest absolute Gasteiger partial charge is 0.324 e. The van der Waals surface area contributed by atoms with E-state index in [1.165, 1.54) is 46.9 Å². The van der Waals surface area contributed by atoms with Crippen LogP contribution in [-0.2, 0) is 17.4 Å². The minimum absolute atomic E-state index is 0.0640. The Bertz CT molecular complexity index is 1220. The van der Waals surface area contributed by atoms with Gasteiger partial charge in [-0.15, -0.1) is 11.3 Å². The first-order valence-corrected chi connectivity index (χ1v) is 9.74. The van der Waals surface area contributed by atoms with Gasteiger partial charge in [0.25, 0.3) is 0 Å². The van der Waals surface area contributed by atoms with Crippen molar-refractivity contribution < 1.29 is 22.4 Å².